The largest absolute Gasteiger partial charge is 0.490 e. The Morgan fingerprint density at radius 1 is 1.17 bits per heavy atom. The number of amidine groups is 1. The van der Waals surface area contributed by atoms with Crippen molar-refractivity contribution in [2.45, 2.75) is 26.2 Å². The first-order chi connectivity index (χ1) is 14.0. The third-order valence-corrected chi connectivity index (χ3v) is 5.86. The van der Waals surface area contributed by atoms with Crippen LogP contribution >= 0.6 is 27.7 Å². The molecule has 3 rings (SSSR count). The number of thioether (sulfide) groups is 1. The summed E-state index contributed by atoms with van der Waals surface area (Å²) >= 11 is 4.62. The summed E-state index contributed by atoms with van der Waals surface area (Å²) in [6.45, 7) is 5.16. The van der Waals surface area contributed by atoms with E-state index in [1.54, 1.807) is 6.08 Å². The number of halogens is 1. The Labute approximate surface area is 183 Å². The summed E-state index contributed by atoms with van der Waals surface area (Å²) in [5.74, 6) is 1.67. The maximum Gasteiger partial charge on any atom is 0.286 e. The van der Waals surface area contributed by atoms with Crippen LogP contribution < -0.4 is 15.2 Å². The second kappa shape index (κ2) is 9.98. The topological polar surface area (TPSA) is 73.9 Å². The van der Waals surface area contributed by atoms with Gasteiger partial charge in [0, 0.05) is 10.0 Å². The van der Waals surface area contributed by atoms with Crippen LogP contribution in [-0.2, 0) is 4.79 Å². The zero-order valence-corrected chi connectivity index (χ0v) is 18.8. The third kappa shape index (κ3) is 5.64. The summed E-state index contributed by atoms with van der Waals surface area (Å²) < 4.78 is 12.8. The van der Waals surface area contributed by atoms with Crippen LogP contribution in [0.5, 0.6) is 11.5 Å². The third-order valence-electron chi connectivity index (χ3n) is 4.56. The van der Waals surface area contributed by atoms with Crippen LogP contribution in [0.3, 0.4) is 0 Å². The highest BCUT2D eigenvalue weighted by atomic mass is 79.9. The lowest BCUT2D eigenvalue weighted by Gasteiger charge is -2.16. The summed E-state index contributed by atoms with van der Waals surface area (Å²) in [6.07, 6.45) is 2.80. The number of carbonyl (C=O) groups is 1. The van der Waals surface area contributed by atoms with E-state index in [1.165, 1.54) is 5.56 Å². The predicted molar refractivity (Wildman–Crippen MR) is 122 cm³/mol. The highest BCUT2D eigenvalue weighted by Crippen LogP contribution is 2.32. The highest BCUT2D eigenvalue weighted by molar-refractivity contribution is 9.10. The van der Waals surface area contributed by atoms with Gasteiger partial charge in [-0.1, -0.05) is 48.0 Å². The number of nitrogens with zero attached hydrogens (tertiary/aromatic N) is 1. The molecule has 152 valence electrons. The van der Waals surface area contributed by atoms with Crippen molar-refractivity contribution in [3.05, 3.63) is 63.0 Å². The lowest BCUT2D eigenvalue weighted by Crippen LogP contribution is -2.11. The first-order valence-corrected chi connectivity index (χ1v) is 11.0. The van der Waals surface area contributed by atoms with Gasteiger partial charge in [-0.05, 0) is 60.0 Å². The number of hydrogen-bond donors (Lipinski definition) is 1. The number of ether oxygens (including phenoxy) is 2. The molecule has 0 fully saturated rings. The molecule has 1 amide bonds. The summed E-state index contributed by atoms with van der Waals surface area (Å²) in [5.41, 5.74) is 7.61. The lowest BCUT2D eigenvalue weighted by atomic mass is 9.98. The summed E-state index contributed by atoms with van der Waals surface area (Å²) in [6, 6.07) is 13.8. The smallest absolute Gasteiger partial charge is 0.286 e. The number of nitrogens with two attached hydrogens (primary N) is 1. The number of rotatable bonds is 8. The van der Waals surface area contributed by atoms with Crippen molar-refractivity contribution in [1.29, 1.82) is 0 Å². The van der Waals surface area contributed by atoms with E-state index in [2.05, 4.69) is 40.8 Å². The molecule has 2 N–H and O–H groups in total. The van der Waals surface area contributed by atoms with E-state index in [0.29, 0.717) is 29.8 Å². The zero-order valence-electron chi connectivity index (χ0n) is 16.4. The molecule has 0 saturated heterocycles. The number of hydrogen-bond acceptors (Lipinski definition) is 5. The monoisotopic (exact) mass is 474 g/mol. The van der Waals surface area contributed by atoms with Crippen molar-refractivity contribution in [3.8, 4) is 11.5 Å². The molecule has 2 aromatic rings. The Morgan fingerprint density at radius 2 is 1.90 bits per heavy atom. The number of para-hydroxylation sites is 1. The van der Waals surface area contributed by atoms with Crippen molar-refractivity contribution < 1.29 is 14.3 Å². The molecule has 1 atom stereocenters. The van der Waals surface area contributed by atoms with E-state index >= 15 is 0 Å². The van der Waals surface area contributed by atoms with Crippen molar-refractivity contribution in [2.24, 2.45) is 10.7 Å². The molecule has 0 aromatic heterocycles. The fourth-order valence-corrected chi connectivity index (χ4v) is 3.92. The van der Waals surface area contributed by atoms with E-state index in [4.69, 9.17) is 15.2 Å². The molecule has 2 aromatic carbocycles. The van der Waals surface area contributed by atoms with Crippen molar-refractivity contribution in [1.82, 2.24) is 0 Å². The maximum absolute atomic E-state index is 11.9. The van der Waals surface area contributed by atoms with Gasteiger partial charge >= 0.3 is 0 Å². The fourth-order valence-electron chi connectivity index (χ4n) is 2.87. The van der Waals surface area contributed by atoms with Gasteiger partial charge in [0.1, 0.15) is 24.7 Å². The average Bonchev–Trinajstić information content (AvgIpc) is 3.03. The van der Waals surface area contributed by atoms with Gasteiger partial charge < -0.3 is 15.2 Å². The number of amides is 1. The number of aliphatic imine (C=N–C) groups is 1. The molecule has 5 nitrogen and oxygen atoms in total. The first kappa shape index (κ1) is 21.5. The van der Waals surface area contributed by atoms with Gasteiger partial charge in [0.2, 0.25) is 0 Å². The zero-order chi connectivity index (χ0) is 20.8. The second-order valence-corrected chi connectivity index (χ2v) is 8.57. The van der Waals surface area contributed by atoms with Crippen molar-refractivity contribution >= 4 is 44.8 Å². The number of benzene rings is 2. The van der Waals surface area contributed by atoms with Crippen LogP contribution in [0.25, 0.3) is 6.08 Å². The lowest BCUT2D eigenvalue weighted by molar-refractivity contribution is -0.113. The fraction of sp³-hybridized carbons (Fsp3) is 0.273. The molecule has 0 unspecified atom stereocenters. The van der Waals surface area contributed by atoms with Crippen LogP contribution in [0.1, 0.15) is 37.3 Å². The molecule has 7 heteroatoms. The molecule has 1 heterocycles. The average molecular weight is 475 g/mol. The highest BCUT2D eigenvalue weighted by Gasteiger charge is 2.20. The molecule has 29 heavy (non-hydrogen) atoms. The van der Waals surface area contributed by atoms with Gasteiger partial charge in [0.25, 0.3) is 5.91 Å². The normalized spacial score (nSPS) is 16.0. The quantitative estimate of drug-likeness (QED) is 0.412. The van der Waals surface area contributed by atoms with Gasteiger partial charge in [-0.25, -0.2) is 0 Å². The van der Waals surface area contributed by atoms with Gasteiger partial charge in [-0.15, -0.1) is 0 Å². The predicted octanol–water partition coefficient (Wildman–Crippen LogP) is 5.35. The van der Waals surface area contributed by atoms with Gasteiger partial charge in [0.05, 0.1) is 4.91 Å². The maximum atomic E-state index is 11.9. The first-order valence-electron chi connectivity index (χ1n) is 9.40. The van der Waals surface area contributed by atoms with Crippen LogP contribution in [0.15, 0.2) is 56.8 Å². The molecular weight excluding hydrogens is 452 g/mol. The summed E-state index contributed by atoms with van der Waals surface area (Å²) in [7, 11) is 0. The van der Waals surface area contributed by atoms with Crippen molar-refractivity contribution in [2.75, 3.05) is 13.2 Å². The second-order valence-electron chi connectivity index (χ2n) is 6.59. The summed E-state index contributed by atoms with van der Waals surface area (Å²) in [5, 5.41) is 0.257. The Bertz CT molecular complexity index is 959. The molecule has 0 spiro atoms. The minimum Gasteiger partial charge on any atom is -0.490 e. The molecular formula is C22H23BrN2O3S. The SMILES string of the molecule is CC[C@H](C)c1ccccc1OCCOc1ccc(Br)cc1/C=C1/SC(N)=NC1=O. The minimum atomic E-state index is -0.330. The summed E-state index contributed by atoms with van der Waals surface area (Å²) in [4.78, 5) is 16.1. The molecule has 0 radical (unpaired) electrons. The van der Waals surface area contributed by atoms with Crippen LogP contribution in [-0.4, -0.2) is 24.3 Å². The molecule has 0 saturated carbocycles. The van der Waals surface area contributed by atoms with Crippen LogP contribution in [0, 0.1) is 0 Å². The Balaban J connectivity index is 1.65. The van der Waals surface area contributed by atoms with E-state index in [-0.39, 0.29) is 11.1 Å². The van der Waals surface area contributed by atoms with Gasteiger partial charge in [-0.2, -0.15) is 4.99 Å². The van der Waals surface area contributed by atoms with E-state index < -0.39 is 0 Å². The number of carbonyl (C=O) groups excluding carboxylic acids is 1. The molecule has 1 aliphatic heterocycles. The van der Waals surface area contributed by atoms with Crippen LogP contribution in [0.4, 0.5) is 0 Å². The Hall–Kier alpha value is -2.25. The molecule has 1 aliphatic rings. The Morgan fingerprint density at radius 3 is 2.59 bits per heavy atom. The van der Waals surface area contributed by atoms with E-state index in [0.717, 1.165) is 34.0 Å². The minimum absolute atomic E-state index is 0.257. The van der Waals surface area contributed by atoms with E-state index in [9.17, 15) is 4.79 Å². The van der Waals surface area contributed by atoms with Gasteiger partial charge in [0.15, 0.2) is 5.17 Å². The van der Waals surface area contributed by atoms with Crippen LogP contribution in [0.2, 0.25) is 0 Å². The van der Waals surface area contributed by atoms with Crippen molar-refractivity contribution in [3.63, 3.8) is 0 Å². The standard InChI is InChI=1S/C22H23BrN2O3S/c1-3-14(2)17-6-4-5-7-19(17)28-11-10-27-18-9-8-16(23)12-15(18)13-20-21(26)25-22(24)29-20/h4-9,12-14H,3,10-11H2,1-2H3,(H2,24,25,26)/b20-13+/t14-/m0/s1. The molecule has 0 aliphatic carbocycles. The Kier molecular flexibility index (Phi) is 7.39. The van der Waals surface area contributed by atoms with Gasteiger partial charge in [-0.3, -0.25) is 4.79 Å². The molecule has 0 bridgehead atoms. The van der Waals surface area contributed by atoms with E-state index in [1.807, 2.05) is 36.4 Å².